The standard InChI is InChI=1S/C22H22ClN3O5S/c23-18-8-10-20(11-9-18)32(29,30)25-13-4-5-17(15-25)22(28)31-16-21(27)26(14-12-24)19-6-2-1-3-7-19/h1-3,6-11,17H,4-5,13-16H2. The predicted molar refractivity (Wildman–Crippen MR) is 118 cm³/mol. The van der Waals surface area contributed by atoms with Crippen molar-refractivity contribution in [3.05, 3.63) is 59.6 Å². The van der Waals surface area contributed by atoms with E-state index in [9.17, 15) is 18.0 Å². The molecule has 1 amide bonds. The Morgan fingerprint density at radius 2 is 1.84 bits per heavy atom. The summed E-state index contributed by atoms with van der Waals surface area (Å²) in [5.41, 5.74) is 0.521. The molecule has 0 aliphatic carbocycles. The largest absolute Gasteiger partial charge is 0.455 e. The Kier molecular flexibility index (Phi) is 7.85. The molecule has 0 aromatic heterocycles. The van der Waals surface area contributed by atoms with Gasteiger partial charge in [-0.15, -0.1) is 0 Å². The second-order valence-corrected chi connectivity index (χ2v) is 9.61. The van der Waals surface area contributed by atoms with E-state index in [1.54, 1.807) is 30.3 Å². The van der Waals surface area contributed by atoms with E-state index in [0.29, 0.717) is 23.6 Å². The Balaban J connectivity index is 1.62. The van der Waals surface area contributed by atoms with Gasteiger partial charge >= 0.3 is 5.97 Å². The molecule has 1 fully saturated rings. The summed E-state index contributed by atoms with van der Waals surface area (Å²) < 4.78 is 32.2. The highest BCUT2D eigenvalue weighted by atomic mass is 35.5. The lowest BCUT2D eigenvalue weighted by atomic mass is 10.00. The van der Waals surface area contributed by atoms with Gasteiger partial charge in [-0.2, -0.15) is 9.57 Å². The molecule has 1 unspecified atom stereocenters. The van der Waals surface area contributed by atoms with Crippen molar-refractivity contribution >= 4 is 39.2 Å². The minimum absolute atomic E-state index is 0.0292. The number of rotatable bonds is 7. The van der Waals surface area contributed by atoms with E-state index in [1.165, 1.54) is 33.5 Å². The molecule has 0 bridgehead atoms. The Hall–Kier alpha value is -2.93. The van der Waals surface area contributed by atoms with E-state index in [1.807, 2.05) is 6.07 Å². The number of nitrogens with zero attached hydrogens (tertiary/aromatic N) is 3. The van der Waals surface area contributed by atoms with Crippen LogP contribution in [0.25, 0.3) is 0 Å². The van der Waals surface area contributed by atoms with E-state index in [-0.39, 0.29) is 24.5 Å². The fraction of sp³-hybridized carbons (Fsp3) is 0.318. The second-order valence-electron chi connectivity index (χ2n) is 7.24. The van der Waals surface area contributed by atoms with Gasteiger partial charge in [0.1, 0.15) is 6.54 Å². The third-order valence-electron chi connectivity index (χ3n) is 5.10. The fourth-order valence-electron chi connectivity index (χ4n) is 3.44. The number of carbonyl (C=O) groups excluding carboxylic acids is 2. The maximum atomic E-state index is 12.9. The maximum Gasteiger partial charge on any atom is 0.310 e. The van der Waals surface area contributed by atoms with E-state index >= 15 is 0 Å². The highest BCUT2D eigenvalue weighted by Gasteiger charge is 2.34. The molecule has 0 spiro atoms. The van der Waals surface area contributed by atoms with Gasteiger partial charge in [-0.05, 0) is 49.2 Å². The smallest absolute Gasteiger partial charge is 0.310 e. The molecule has 32 heavy (non-hydrogen) atoms. The number of piperidine rings is 1. The summed E-state index contributed by atoms with van der Waals surface area (Å²) in [6.07, 6.45) is 0.950. The van der Waals surface area contributed by atoms with Gasteiger partial charge in [0.2, 0.25) is 10.0 Å². The topological polar surface area (TPSA) is 108 Å². The van der Waals surface area contributed by atoms with Crippen LogP contribution in [0, 0.1) is 17.2 Å². The summed E-state index contributed by atoms with van der Waals surface area (Å²) in [6.45, 7) is -0.455. The number of carbonyl (C=O) groups is 2. The molecule has 3 rings (SSSR count). The van der Waals surface area contributed by atoms with E-state index < -0.39 is 34.4 Å². The van der Waals surface area contributed by atoms with E-state index in [4.69, 9.17) is 21.6 Å². The zero-order valence-corrected chi connectivity index (χ0v) is 18.8. The minimum Gasteiger partial charge on any atom is -0.455 e. The molecule has 0 saturated carbocycles. The van der Waals surface area contributed by atoms with Crippen LogP contribution in [0.5, 0.6) is 0 Å². The number of amides is 1. The van der Waals surface area contributed by atoms with Crippen LogP contribution < -0.4 is 4.90 Å². The first kappa shape index (κ1) is 23.7. The number of anilines is 1. The minimum atomic E-state index is -3.78. The highest BCUT2D eigenvalue weighted by molar-refractivity contribution is 7.89. The van der Waals surface area contributed by atoms with Gasteiger partial charge in [0.05, 0.1) is 16.9 Å². The van der Waals surface area contributed by atoms with Crippen LogP contribution in [0.15, 0.2) is 59.5 Å². The molecular weight excluding hydrogens is 454 g/mol. The number of para-hydroxylation sites is 1. The van der Waals surface area contributed by atoms with Gasteiger partial charge in [0, 0.05) is 23.8 Å². The summed E-state index contributed by atoms with van der Waals surface area (Å²) in [5.74, 6) is -1.85. The van der Waals surface area contributed by atoms with Gasteiger partial charge in [-0.3, -0.25) is 14.5 Å². The molecule has 2 aromatic carbocycles. The van der Waals surface area contributed by atoms with Crippen molar-refractivity contribution in [3.63, 3.8) is 0 Å². The number of hydrogen-bond acceptors (Lipinski definition) is 6. The first-order valence-corrected chi connectivity index (χ1v) is 11.8. The molecule has 1 atom stereocenters. The van der Waals surface area contributed by atoms with Crippen LogP contribution in [0.1, 0.15) is 12.8 Å². The SMILES string of the molecule is N#CCN(C(=O)COC(=O)C1CCCN(S(=O)(=O)c2ccc(Cl)cc2)C1)c1ccccc1. The average molecular weight is 476 g/mol. The first-order chi connectivity index (χ1) is 15.3. The van der Waals surface area contributed by atoms with Gasteiger partial charge in [-0.1, -0.05) is 29.8 Å². The van der Waals surface area contributed by atoms with Gasteiger partial charge in [0.25, 0.3) is 5.91 Å². The number of ether oxygens (including phenoxy) is 1. The quantitative estimate of drug-likeness (QED) is 0.450. The monoisotopic (exact) mass is 475 g/mol. The van der Waals surface area contributed by atoms with Crippen LogP contribution in [0.4, 0.5) is 5.69 Å². The summed E-state index contributed by atoms with van der Waals surface area (Å²) in [7, 11) is -3.78. The van der Waals surface area contributed by atoms with Crippen molar-refractivity contribution in [1.29, 1.82) is 5.26 Å². The number of benzene rings is 2. The van der Waals surface area contributed by atoms with Crippen molar-refractivity contribution < 1.29 is 22.7 Å². The van der Waals surface area contributed by atoms with Gasteiger partial charge < -0.3 is 4.74 Å². The number of nitriles is 1. The normalized spacial score (nSPS) is 16.7. The number of hydrogen-bond donors (Lipinski definition) is 0. The maximum absolute atomic E-state index is 12.9. The third-order valence-corrected chi connectivity index (χ3v) is 7.24. The van der Waals surface area contributed by atoms with Crippen molar-refractivity contribution in [2.45, 2.75) is 17.7 Å². The number of esters is 1. The van der Waals surface area contributed by atoms with Gasteiger partial charge in [-0.25, -0.2) is 8.42 Å². The van der Waals surface area contributed by atoms with Crippen LogP contribution in [0.3, 0.4) is 0 Å². The van der Waals surface area contributed by atoms with Gasteiger partial charge in [0.15, 0.2) is 6.61 Å². The third kappa shape index (κ3) is 5.65. The molecule has 0 radical (unpaired) electrons. The Bertz CT molecular complexity index is 1100. The summed E-state index contributed by atoms with van der Waals surface area (Å²) >= 11 is 5.84. The Labute approximate surface area is 192 Å². The van der Waals surface area contributed by atoms with Crippen molar-refractivity contribution in [1.82, 2.24) is 4.31 Å². The van der Waals surface area contributed by atoms with Crippen LogP contribution in [0.2, 0.25) is 5.02 Å². The molecular formula is C22H22ClN3O5S. The van der Waals surface area contributed by atoms with E-state index in [2.05, 4.69) is 0 Å². The number of halogens is 1. The molecule has 0 N–H and O–H groups in total. The Morgan fingerprint density at radius 1 is 1.16 bits per heavy atom. The molecule has 2 aromatic rings. The van der Waals surface area contributed by atoms with Crippen molar-refractivity contribution in [3.8, 4) is 6.07 Å². The lowest BCUT2D eigenvalue weighted by molar-refractivity contribution is -0.153. The van der Waals surface area contributed by atoms with Crippen LogP contribution in [-0.4, -0.2) is 50.8 Å². The lowest BCUT2D eigenvalue weighted by Crippen LogP contribution is -2.43. The van der Waals surface area contributed by atoms with Crippen LogP contribution in [-0.2, 0) is 24.3 Å². The highest BCUT2D eigenvalue weighted by Crippen LogP contribution is 2.25. The van der Waals surface area contributed by atoms with Crippen molar-refractivity contribution in [2.24, 2.45) is 5.92 Å². The number of sulfonamides is 1. The summed E-state index contributed by atoms with van der Waals surface area (Å²) in [4.78, 5) is 26.4. The molecule has 1 aliphatic rings. The molecule has 1 saturated heterocycles. The molecule has 1 heterocycles. The second kappa shape index (κ2) is 10.6. The van der Waals surface area contributed by atoms with Crippen molar-refractivity contribution in [2.75, 3.05) is 31.1 Å². The summed E-state index contributed by atoms with van der Waals surface area (Å²) in [5, 5.41) is 9.45. The lowest BCUT2D eigenvalue weighted by Gasteiger charge is -2.30. The van der Waals surface area contributed by atoms with E-state index in [0.717, 1.165) is 0 Å². The Morgan fingerprint density at radius 3 is 2.50 bits per heavy atom. The predicted octanol–water partition coefficient (Wildman–Crippen LogP) is 2.84. The molecule has 168 valence electrons. The average Bonchev–Trinajstić information content (AvgIpc) is 2.81. The van der Waals surface area contributed by atoms with Crippen LogP contribution >= 0.6 is 11.6 Å². The fourth-order valence-corrected chi connectivity index (χ4v) is 5.09. The molecule has 1 aliphatic heterocycles. The first-order valence-electron chi connectivity index (χ1n) is 9.97. The zero-order valence-electron chi connectivity index (χ0n) is 17.2. The molecule has 8 nitrogen and oxygen atoms in total. The molecule has 10 heteroatoms. The summed E-state index contributed by atoms with van der Waals surface area (Å²) in [6, 6.07) is 16.4. The zero-order chi connectivity index (χ0) is 23.1.